The van der Waals surface area contributed by atoms with E-state index in [2.05, 4.69) is 59.0 Å². The van der Waals surface area contributed by atoms with E-state index in [1.165, 1.54) is 5.56 Å². The van der Waals surface area contributed by atoms with Crippen molar-refractivity contribution >= 4 is 5.91 Å². The molecule has 1 amide bonds. The molecular weight excluding hydrogens is 270 g/mol. The number of benzene rings is 1. The highest BCUT2D eigenvalue weighted by atomic mass is 16.1. The molecule has 2 unspecified atom stereocenters. The average Bonchev–Trinajstić information content (AvgIpc) is 2.44. The van der Waals surface area contributed by atoms with Gasteiger partial charge in [0, 0.05) is 12.0 Å². The Bertz CT molecular complexity index is 436. The lowest BCUT2D eigenvalue weighted by Crippen LogP contribution is -2.44. The number of hydrogen-bond acceptors (Lipinski definition) is 1. The summed E-state index contributed by atoms with van der Waals surface area (Å²) < 4.78 is 0. The summed E-state index contributed by atoms with van der Waals surface area (Å²) in [4.78, 5) is 12.8. The summed E-state index contributed by atoms with van der Waals surface area (Å²) in [7, 11) is 0. The molecule has 22 heavy (non-hydrogen) atoms. The number of rotatable bonds is 8. The molecule has 124 valence electrons. The van der Waals surface area contributed by atoms with Crippen LogP contribution in [0.3, 0.4) is 0 Å². The molecule has 1 aromatic rings. The van der Waals surface area contributed by atoms with Crippen molar-refractivity contribution in [3.8, 4) is 0 Å². The molecule has 0 aliphatic carbocycles. The molecule has 1 aromatic carbocycles. The third-order valence-electron chi connectivity index (χ3n) is 4.30. The van der Waals surface area contributed by atoms with Crippen LogP contribution in [0.1, 0.15) is 53.5 Å². The molecule has 0 bridgehead atoms. The Kier molecular flexibility index (Phi) is 7.64. The third-order valence-corrected chi connectivity index (χ3v) is 4.30. The summed E-state index contributed by atoms with van der Waals surface area (Å²) in [6.45, 7) is 13.1. The number of carbonyl (C=O) groups is 1. The van der Waals surface area contributed by atoms with Gasteiger partial charge in [-0.25, -0.2) is 0 Å². The summed E-state index contributed by atoms with van der Waals surface area (Å²) in [6.07, 6.45) is 1.86. The molecule has 0 heterocycles. The average molecular weight is 303 g/mol. The van der Waals surface area contributed by atoms with Crippen LogP contribution in [0.15, 0.2) is 30.3 Å². The van der Waals surface area contributed by atoms with Crippen molar-refractivity contribution in [2.75, 3.05) is 0 Å². The van der Waals surface area contributed by atoms with E-state index >= 15 is 0 Å². The minimum atomic E-state index is 0.0378. The Labute approximate surface area is 136 Å². The largest absolute Gasteiger partial charge is 0.353 e. The molecule has 0 saturated carbocycles. The van der Waals surface area contributed by atoms with Crippen molar-refractivity contribution in [2.45, 2.75) is 60.4 Å². The van der Waals surface area contributed by atoms with Crippen LogP contribution in [-0.4, -0.2) is 11.9 Å². The maximum atomic E-state index is 12.8. The molecule has 0 aliphatic rings. The fourth-order valence-corrected chi connectivity index (χ4v) is 2.79. The third kappa shape index (κ3) is 6.21. The zero-order valence-electron chi connectivity index (χ0n) is 15.1. The maximum absolute atomic E-state index is 12.8. The minimum Gasteiger partial charge on any atom is -0.353 e. The van der Waals surface area contributed by atoms with Gasteiger partial charge in [0.05, 0.1) is 0 Å². The van der Waals surface area contributed by atoms with Crippen LogP contribution < -0.4 is 5.32 Å². The smallest absolute Gasteiger partial charge is 0.223 e. The van der Waals surface area contributed by atoms with Gasteiger partial charge in [0.1, 0.15) is 0 Å². The Morgan fingerprint density at radius 1 is 0.955 bits per heavy atom. The van der Waals surface area contributed by atoms with Crippen LogP contribution in [0.25, 0.3) is 0 Å². The second kappa shape index (κ2) is 8.97. The van der Waals surface area contributed by atoms with Gasteiger partial charge in [0.25, 0.3) is 0 Å². The molecule has 0 fully saturated rings. The first-order chi connectivity index (χ1) is 10.3. The van der Waals surface area contributed by atoms with Crippen LogP contribution in [0.4, 0.5) is 0 Å². The van der Waals surface area contributed by atoms with E-state index in [0.717, 1.165) is 12.8 Å². The molecule has 2 atom stereocenters. The van der Waals surface area contributed by atoms with Crippen molar-refractivity contribution in [1.29, 1.82) is 0 Å². The molecule has 2 heteroatoms. The number of hydrogen-bond donors (Lipinski definition) is 1. The molecule has 0 radical (unpaired) electrons. The van der Waals surface area contributed by atoms with E-state index in [9.17, 15) is 4.79 Å². The van der Waals surface area contributed by atoms with Gasteiger partial charge in [0.2, 0.25) is 5.91 Å². The van der Waals surface area contributed by atoms with E-state index in [0.29, 0.717) is 17.8 Å². The lowest BCUT2D eigenvalue weighted by atomic mass is 9.87. The Balaban J connectivity index is 2.76. The van der Waals surface area contributed by atoms with Gasteiger partial charge in [-0.1, -0.05) is 71.9 Å². The van der Waals surface area contributed by atoms with Gasteiger partial charge >= 0.3 is 0 Å². The minimum absolute atomic E-state index is 0.0378. The first-order valence-electron chi connectivity index (χ1n) is 8.65. The highest BCUT2D eigenvalue weighted by molar-refractivity contribution is 5.79. The van der Waals surface area contributed by atoms with E-state index < -0.39 is 0 Å². The van der Waals surface area contributed by atoms with Crippen molar-refractivity contribution in [2.24, 2.45) is 23.7 Å². The Morgan fingerprint density at radius 3 is 2.00 bits per heavy atom. The predicted octanol–water partition coefficient (Wildman–Crippen LogP) is 4.69. The van der Waals surface area contributed by atoms with E-state index in [-0.39, 0.29) is 17.9 Å². The zero-order chi connectivity index (χ0) is 16.7. The zero-order valence-corrected chi connectivity index (χ0v) is 15.1. The first kappa shape index (κ1) is 18.7. The standard InChI is InChI=1S/C20H33NO/c1-14(2)12-19(16(5)6)21-20(22)18(15(3)4)13-17-10-8-7-9-11-17/h7-11,14-16,18-19H,12-13H2,1-6H3,(H,21,22). The Hall–Kier alpha value is -1.31. The molecule has 1 rings (SSSR count). The lowest BCUT2D eigenvalue weighted by molar-refractivity contribution is -0.127. The van der Waals surface area contributed by atoms with Crippen LogP contribution >= 0.6 is 0 Å². The number of carbonyl (C=O) groups excluding carboxylic acids is 1. The molecule has 1 N–H and O–H groups in total. The topological polar surface area (TPSA) is 29.1 Å². The van der Waals surface area contributed by atoms with E-state index in [1.807, 2.05) is 18.2 Å². The van der Waals surface area contributed by atoms with Gasteiger partial charge in [-0.3, -0.25) is 4.79 Å². The quantitative estimate of drug-likeness (QED) is 0.741. The molecule has 2 nitrogen and oxygen atoms in total. The normalized spacial score (nSPS) is 14.4. The second-order valence-corrected chi connectivity index (χ2v) is 7.53. The number of nitrogens with one attached hydrogen (secondary N) is 1. The molecule has 0 saturated heterocycles. The summed E-state index contributed by atoms with van der Waals surface area (Å²) in [6, 6.07) is 10.6. The van der Waals surface area contributed by atoms with Gasteiger partial charge in [-0.05, 0) is 36.2 Å². The maximum Gasteiger partial charge on any atom is 0.223 e. The van der Waals surface area contributed by atoms with Crippen LogP contribution in [0, 0.1) is 23.7 Å². The van der Waals surface area contributed by atoms with Crippen LogP contribution in [-0.2, 0) is 11.2 Å². The Morgan fingerprint density at radius 2 is 1.55 bits per heavy atom. The summed E-state index contributed by atoms with van der Waals surface area (Å²) in [5.74, 6) is 1.65. The van der Waals surface area contributed by atoms with Gasteiger partial charge in [0.15, 0.2) is 0 Å². The van der Waals surface area contributed by atoms with Gasteiger partial charge in [-0.2, -0.15) is 0 Å². The van der Waals surface area contributed by atoms with Gasteiger partial charge in [-0.15, -0.1) is 0 Å². The first-order valence-corrected chi connectivity index (χ1v) is 8.65. The van der Waals surface area contributed by atoms with E-state index in [1.54, 1.807) is 0 Å². The molecular formula is C20H33NO. The molecule has 0 aromatic heterocycles. The van der Waals surface area contributed by atoms with Crippen LogP contribution in [0.5, 0.6) is 0 Å². The van der Waals surface area contributed by atoms with Crippen molar-refractivity contribution in [3.05, 3.63) is 35.9 Å². The molecule has 0 aliphatic heterocycles. The second-order valence-electron chi connectivity index (χ2n) is 7.53. The lowest BCUT2D eigenvalue weighted by Gasteiger charge is -2.28. The summed E-state index contributed by atoms with van der Waals surface area (Å²) in [5, 5.41) is 3.31. The van der Waals surface area contributed by atoms with Crippen molar-refractivity contribution in [3.63, 3.8) is 0 Å². The van der Waals surface area contributed by atoms with Crippen LogP contribution in [0.2, 0.25) is 0 Å². The summed E-state index contributed by atoms with van der Waals surface area (Å²) in [5.41, 5.74) is 1.24. The summed E-state index contributed by atoms with van der Waals surface area (Å²) >= 11 is 0. The van der Waals surface area contributed by atoms with Crippen molar-refractivity contribution < 1.29 is 4.79 Å². The predicted molar refractivity (Wildman–Crippen MR) is 94.7 cm³/mol. The number of amides is 1. The fraction of sp³-hybridized carbons (Fsp3) is 0.650. The SMILES string of the molecule is CC(C)CC(NC(=O)C(Cc1ccccc1)C(C)C)C(C)C. The van der Waals surface area contributed by atoms with E-state index in [4.69, 9.17) is 0 Å². The molecule has 0 spiro atoms. The highest BCUT2D eigenvalue weighted by Gasteiger charge is 2.26. The highest BCUT2D eigenvalue weighted by Crippen LogP contribution is 2.20. The van der Waals surface area contributed by atoms with Gasteiger partial charge < -0.3 is 5.32 Å². The monoisotopic (exact) mass is 303 g/mol. The van der Waals surface area contributed by atoms with Crippen molar-refractivity contribution in [1.82, 2.24) is 5.32 Å². The fourth-order valence-electron chi connectivity index (χ4n) is 2.79.